The fraction of sp³-hybridized carbons (Fsp3) is 0.368. The minimum Gasteiger partial charge on any atom is -0.484 e. The molecule has 1 fully saturated rings. The molecular weight excluding hydrogens is 362 g/mol. The van der Waals surface area contributed by atoms with Crippen LogP contribution in [0.5, 0.6) is 5.75 Å². The Balaban J connectivity index is 1.41. The molecule has 0 unspecified atom stereocenters. The van der Waals surface area contributed by atoms with E-state index in [2.05, 4.69) is 16.0 Å². The van der Waals surface area contributed by atoms with Crippen LogP contribution in [0.4, 0.5) is 5.69 Å². The topological polar surface area (TPSA) is 106 Å². The van der Waals surface area contributed by atoms with Crippen LogP contribution in [-0.4, -0.2) is 40.7 Å². The molecule has 0 aliphatic carbocycles. The highest BCUT2D eigenvalue weighted by Gasteiger charge is 2.21. The number of nitrogens with zero attached hydrogens (tertiary/aromatic N) is 3. The lowest BCUT2D eigenvalue weighted by molar-refractivity contribution is -0.130. The summed E-state index contributed by atoms with van der Waals surface area (Å²) >= 11 is 0. The van der Waals surface area contributed by atoms with Gasteiger partial charge in [0.15, 0.2) is 6.61 Å². The van der Waals surface area contributed by atoms with Gasteiger partial charge in [0.1, 0.15) is 12.3 Å². The van der Waals surface area contributed by atoms with Crippen LogP contribution in [0, 0.1) is 13.8 Å². The standard InChI is InChI=1S/C19H23N5O4/c1-13-10-14(2)24(22-13)11-17(25)20-21-18(26)12-28-16-7-5-15(6-8-16)23-9-3-4-19(23)27/h5-8,10H,3-4,9,11-12H2,1-2H3,(H,20,25)(H,21,26). The average molecular weight is 385 g/mol. The van der Waals surface area contributed by atoms with E-state index in [0.717, 1.165) is 30.0 Å². The van der Waals surface area contributed by atoms with E-state index in [9.17, 15) is 14.4 Å². The molecule has 0 atom stereocenters. The fourth-order valence-corrected chi connectivity index (χ4v) is 2.98. The minimum atomic E-state index is -0.486. The van der Waals surface area contributed by atoms with Crippen molar-refractivity contribution in [3.05, 3.63) is 41.7 Å². The number of hydrazine groups is 1. The molecule has 0 bridgehead atoms. The molecule has 1 aromatic carbocycles. The molecule has 3 rings (SSSR count). The number of carbonyl (C=O) groups excluding carboxylic acids is 3. The first kappa shape index (κ1) is 19.4. The minimum absolute atomic E-state index is 0.0114. The van der Waals surface area contributed by atoms with Crippen molar-refractivity contribution in [2.45, 2.75) is 33.2 Å². The maximum absolute atomic E-state index is 11.9. The van der Waals surface area contributed by atoms with Gasteiger partial charge in [-0.15, -0.1) is 0 Å². The maximum atomic E-state index is 11.9. The van der Waals surface area contributed by atoms with Crippen molar-refractivity contribution in [3.8, 4) is 5.75 Å². The zero-order valence-electron chi connectivity index (χ0n) is 15.9. The van der Waals surface area contributed by atoms with Crippen molar-refractivity contribution in [2.75, 3.05) is 18.1 Å². The van der Waals surface area contributed by atoms with Crippen LogP contribution < -0.4 is 20.5 Å². The molecule has 9 heteroatoms. The number of aromatic nitrogens is 2. The lowest BCUT2D eigenvalue weighted by Crippen LogP contribution is -2.45. The Morgan fingerprint density at radius 3 is 2.46 bits per heavy atom. The molecule has 2 aromatic rings. The van der Waals surface area contributed by atoms with Crippen LogP contribution >= 0.6 is 0 Å². The molecule has 28 heavy (non-hydrogen) atoms. The van der Waals surface area contributed by atoms with Crippen molar-refractivity contribution in [2.24, 2.45) is 0 Å². The van der Waals surface area contributed by atoms with Gasteiger partial charge < -0.3 is 9.64 Å². The molecule has 1 aliphatic heterocycles. The molecule has 3 amide bonds. The van der Waals surface area contributed by atoms with Gasteiger partial charge in [-0.05, 0) is 50.6 Å². The Morgan fingerprint density at radius 1 is 1.14 bits per heavy atom. The first-order valence-electron chi connectivity index (χ1n) is 9.04. The van der Waals surface area contributed by atoms with Gasteiger partial charge in [-0.2, -0.15) is 5.10 Å². The summed E-state index contributed by atoms with van der Waals surface area (Å²) in [6.45, 7) is 4.18. The third-order valence-corrected chi connectivity index (χ3v) is 4.33. The summed E-state index contributed by atoms with van der Waals surface area (Å²) in [7, 11) is 0. The normalized spacial score (nSPS) is 13.5. The van der Waals surface area contributed by atoms with Crippen LogP contribution in [0.15, 0.2) is 30.3 Å². The highest BCUT2D eigenvalue weighted by Crippen LogP contribution is 2.23. The van der Waals surface area contributed by atoms with Crippen LogP contribution in [0.25, 0.3) is 0 Å². The van der Waals surface area contributed by atoms with Crippen molar-refractivity contribution >= 4 is 23.4 Å². The van der Waals surface area contributed by atoms with E-state index < -0.39 is 5.91 Å². The second-order valence-electron chi connectivity index (χ2n) is 6.61. The molecule has 2 N–H and O–H groups in total. The molecule has 0 spiro atoms. The van der Waals surface area contributed by atoms with Crippen molar-refractivity contribution in [1.82, 2.24) is 20.6 Å². The third kappa shape index (κ3) is 4.87. The molecule has 1 aromatic heterocycles. The molecule has 0 saturated carbocycles. The van der Waals surface area contributed by atoms with Gasteiger partial charge in [0.25, 0.3) is 11.8 Å². The van der Waals surface area contributed by atoms with Crippen molar-refractivity contribution in [3.63, 3.8) is 0 Å². The SMILES string of the molecule is Cc1cc(C)n(CC(=O)NNC(=O)COc2ccc(N3CCCC3=O)cc2)n1. The largest absolute Gasteiger partial charge is 0.484 e. The van der Waals surface area contributed by atoms with Crippen LogP contribution in [0.3, 0.4) is 0 Å². The fourth-order valence-electron chi connectivity index (χ4n) is 2.98. The number of amides is 3. The number of anilines is 1. The zero-order valence-corrected chi connectivity index (χ0v) is 15.9. The number of carbonyl (C=O) groups is 3. The number of ether oxygens (including phenoxy) is 1. The second-order valence-corrected chi connectivity index (χ2v) is 6.61. The van der Waals surface area contributed by atoms with Crippen molar-refractivity contribution < 1.29 is 19.1 Å². The van der Waals surface area contributed by atoms with Gasteiger partial charge >= 0.3 is 0 Å². The summed E-state index contributed by atoms with van der Waals surface area (Å²) in [6, 6.07) is 8.84. The van der Waals surface area contributed by atoms with Crippen molar-refractivity contribution in [1.29, 1.82) is 0 Å². The molecular formula is C19H23N5O4. The average Bonchev–Trinajstić information content (AvgIpc) is 3.23. The molecule has 2 heterocycles. The Bertz CT molecular complexity index is 875. The van der Waals surface area contributed by atoms with E-state index in [1.54, 1.807) is 33.8 Å². The van der Waals surface area contributed by atoms with Gasteiger partial charge in [-0.25, -0.2) is 0 Å². The summed E-state index contributed by atoms with van der Waals surface area (Å²) in [5.74, 6) is -0.261. The molecule has 1 aliphatic rings. The predicted octanol–water partition coefficient (Wildman–Crippen LogP) is 0.853. The van der Waals surface area contributed by atoms with Crippen LogP contribution in [0.1, 0.15) is 24.2 Å². The van der Waals surface area contributed by atoms with Gasteiger partial charge in [0.05, 0.1) is 5.69 Å². The number of hydrogen-bond acceptors (Lipinski definition) is 5. The summed E-state index contributed by atoms with van der Waals surface area (Å²) in [5.41, 5.74) is 7.13. The second kappa shape index (κ2) is 8.55. The van der Waals surface area contributed by atoms with E-state index >= 15 is 0 Å². The number of aryl methyl sites for hydroxylation is 2. The Labute approximate surface area is 162 Å². The maximum Gasteiger partial charge on any atom is 0.276 e. The van der Waals surface area contributed by atoms with Gasteiger partial charge in [0.2, 0.25) is 5.91 Å². The summed E-state index contributed by atoms with van der Waals surface area (Å²) in [4.78, 5) is 37.2. The van der Waals surface area contributed by atoms with Crippen LogP contribution in [0.2, 0.25) is 0 Å². The summed E-state index contributed by atoms with van der Waals surface area (Å²) in [6.07, 6.45) is 1.44. The number of hydrogen-bond donors (Lipinski definition) is 2. The van der Waals surface area contributed by atoms with E-state index in [0.29, 0.717) is 12.2 Å². The number of rotatable bonds is 6. The van der Waals surface area contributed by atoms with Gasteiger partial charge in [-0.1, -0.05) is 0 Å². The molecule has 1 saturated heterocycles. The van der Waals surface area contributed by atoms with E-state index in [-0.39, 0.29) is 25.0 Å². The van der Waals surface area contributed by atoms with E-state index in [1.807, 2.05) is 19.9 Å². The predicted molar refractivity (Wildman–Crippen MR) is 102 cm³/mol. The molecule has 148 valence electrons. The van der Waals surface area contributed by atoms with E-state index in [1.165, 1.54) is 0 Å². The Hall–Kier alpha value is -3.36. The first-order chi connectivity index (χ1) is 13.4. The monoisotopic (exact) mass is 385 g/mol. The van der Waals surface area contributed by atoms with Gasteiger partial charge in [-0.3, -0.25) is 29.9 Å². The van der Waals surface area contributed by atoms with E-state index in [4.69, 9.17) is 4.74 Å². The highest BCUT2D eigenvalue weighted by atomic mass is 16.5. The highest BCUT2D eigenvalue weighted by molar-refractivity contribution is 5.95. The lowest BCUT2D eigenvalue weighted by atomic mass is 10.3. The first-order valence-corrected chi connectivity index (χ1v) is 9.04. The molecule has 9 nitrogen and oxygen atoms in total. The number of benzene rings is 1. The Morgan fingerprint density at radius 2 is 1.86 bits per heavy atom. The quantitative estimate of drug-likeness (QED) is 0.718. The number of nitrogens with one attached hydrogen (secondary N) is 2. The summed E-state index contributed by atoms with van der Waals surface area (Å²) < 4.78 is 6.96. The lowest BCUT2D eigenvalue weighted by Gasteiger charge is -2.16. The van der Waals surface area contributed by atoms with Crippen LogP contribution in [-0.2, 0) is 20.9 Å². The third-order valence-electron chi connectivity index (χ3n) is 4.33. The van der Waals surface area contributed by atoms with Gasteiger partial charge in [0, 0.05) is 24.3 Å². The Kier molecular flexibility index (Phi) is 5.93. The summed E-state index contributed by atoms with van der Waals surface area (Å²) in [5, 5.41) is 4.19. The molecule has 0 radical (unpaired) electrons. The zero-order chi connectivity index (χ0) is 20.1. The smallest absolute Gasteiger partial charge is 0.276 e.